The molecule has 1 aromatic heterocycles. The Morgan fingerprint density at radius 1 is 1.16 bits per heavy atom. The summed E-state index contributed by atoms with van der Waals surface area (Å²) in [5.41, 5.74) is 5.68. The van der Waals surface area contributed by atoms with Crippen LogP contribution in [0.25, 0.3) is 0 Å². The molecule has 0 bridgehead atoms. The van der Waals surface area contributed by atoms with Gasteiger partial charge in [-0.15, -0.1) is 0 Å². The monoisotopic (exact) mass is 334 g/mol. The van der Waals surface area contributed by atoms with Crippen LogP contribution in [0.15, 0.2) is 47.7 Å². The number of aromatic nitrogens is 2. The molecule has 0 amide bonds. The highest BCUT2D eigenvalue weighted by Gasteiger charge is 2.49. The van der Waals surface area contributed by atoms with Crippen molar-refractivity contribution < 1.29 is 4.79 Å². The number of carbonyl (C=O) groups excluding carboxylic acids is 1. The molecule has 1 atom stereocenters. The van der Waals surface area contributed by atoms with Gasteiger partial charge in [0.1, 0.15) is 0 Å². The van der Waals surface area contributed by atoms with E-state index in [0.29, 0.717) is 12.2 Å². The zero-order chi connectivity index (χ0) is 17.7. The Bertz CT molecular complexity index is 844. The molecule has 1 N–H and O–H groups in total. The largest absolute Gasteiger partial charge is 0.294 e. The number of H-pyrrole nitrogens is 1. The lowest BCUT2D eigenvalue weighted by molar-refractivity contribution is -0.118. The Balaban J connectivity index is 2.03. The van der Waals surface area contributed by atoms with Crippen LogP contribution in [0.1, 0.15) is 63.3 Å². The maximum atomic E-state index is 13.4. The van der Waals surface area contributed by atoms with Gasteiger partial charge in [0.05, 0.1) is 11.6 Å². The Labute approximate surface area is 149 Å². The minimum Gasteiger partial charge on any atom is -0.294 e. The average Bonchev–Trinajstić information content (AvgIpc) is 3.02. The van der Waals surface area contributed by atoms with Crippen molar-refractivity contribution in [2.75, 3.05) is 0 Å². The first-order chi connectivity index (χ1) is 12.0. The number of hydrogen-bond donors (Lipinski definition) is 1. The highest BCUT2D eigenvalue weighted by Crippen LogP contribution is 2.53. The lowest BCUT2D eigenvalue weighted by Gasteiger charge is -2.45. The van der Waals surface area contributed by atoms with Gasteiger partial charge < -0.3 is 0 Å². The molecule has 0 aliphatic heterocycles. The van der Waals surface area contributed by atoms with Gasteiger partial charge in [-0.1, -0.05) is 63.1 Å². The van der Waals surface area contributed by atoms with Crippen molar-refractivity contribution in [3.05, 3.63) is 64.5 Å². The van der Waals surface area contributed by atoms with Crippen molar-refractivity contribution in [1.82, 2.24) is 10.2 Å². The number of nitrogens with zero attached hydrogens (tertiary/aromatic N) is 1. The number of rotatable bonds is 3. The Kier molecular flexibility index (Phi) is 3.71. The second-order valence-electron chi connectivity index (χ2n) is 8.38. The van der Waals surface area contributed by atoms with Crippen molar-refractivity contribution in [1.29, 1.82) is 0 Å². The van der Waals surface area contributed by atoms with Gasteiger partial charge in [0.15, 0.2) is 5.78 Å². The third kappa shape index (κ3) is 2.40. The predicted octanol–water partition coefficient (Wildman–Crippen LogP) is 4.74. The number of allylic oxidation sites excluding steroid dienone is 2. The predicted molar refractivity (Wildman–Crippen MR) is 99.5 cm³/mol. The van der Waals surface area contributed by atoms with Crippen LogP contribution in [0, 0.1) is 5.41 Å². The third-order valence-electron chi connectivity index (χ3n) is 5.85. The molecule has 0 unspecified atom stereocenters. The molecule has 3 nitrogen and oxygen atoms in total. The van der Waals surface area contributed by atoms with Crippen LogP contribution in [0.4, 0.5) is 0 Å². The molecular weight excluding hydrogens is 308 g/mol. The number of aromatic amines is 1. The van der Waals surface area contributed by atoms with Crippen LogP contribution >= 0.6 is 0 Å². The highest BCUT2D eigenvalue weighted by atomic mass is 16.1. The molecular formula is C22H26N2O. The van der Waals surface area contributed by atoms with E-state index in [1.165, 1.54) is 22.4 Å². The SMILES string of the molecule is CCC[C@]1(c2ccccc2)C2=C(Cc3[nH]ncc31)CC(C)(C)CC2=O. The van der Waals surface area contributed by atoms with Crippen LogP contribution in [-0.2, 0) is 16.6 Å². The van der Waals surface area contributed by atoms with Crippen molar-refractivity contribution >= 4 is 5.78 Å². The maximum absolute atomic E-state index is 13.4. The molecule has 4 rings (SSSR count). The fourth-order valence-corrected chi connectivity index (χ4v) is 5.10. The van der Waals surface area contributed by atoms with Gasteiger partial charge in [0.25, 0.3) is 0 Å². The van der Waals surface area contributed by atoms with Crippen molar-refractivity contribution in [3.8, 4) is 0 Å². The number of carbonyl (C=O) groups is 1. The smallest absolute Gasteiger partial charge is 0.160 e. The fraction of sp³-hybridized carbons (Fsp3) is 0.455. The molecule has 0 radical (unpaired) electrons. The van der Waals surface area contributed by atoms with E-state index in [-0.39, 0.29) is 10.8 Å². The van der Waals surface area contributed by atoms with Crippen LogP contribution in [0.5, 0.6) is 0 Å². The second-order valence-corrected chi connectivity index (χ2v) is 8.38. The van der Waals surface area contributed by atoms with E-state index in [0.717, 1.165) is 31.3 Å². The summed E-state index contributed by atoms with van der Waals surface area (Å²) >= 11 is 0. The number of hydrogen-bond acceptors (Lipinski definition) is 2. The standard InChI is InChI=1S/C22H26N2O/c1-4-10-22(16-8-6-5-7-9-16)17-14-23-24-18(17)11-15-12-21(2,3)13-19(25)20(15)22/h5-9,14H,4,10-13H2,1-3H3,(H,23,24)/t22-/m1/s1. The third-order valence-corrected chi connectivity index (χ3v) is 5.85. The number of nitrogens with one attached hydrogen (secondary N) is 1. The number of fused-ring (bicyclic) bond motifs is 1. The molecule has 0 saturated heterocycles. The Morgan fingerprint density at radius 2 is 1.92 bits per heavy atom. The van der Waals surface area contributed by atoms with Crippen molar-refractivity contribution in [2.45, 2.75) is 58.3 Å². The average molecular weight is 334 g/mol. The fourth-order valence-electron chi connectivity index (χ4n) is 5.10. The van der Waals surface area contributed by atoms with E-state index >= 15 is 0 Å². The zero-order valence-electron chi connectivity index (χ0n) is 15.4. The van der Waals surface area contributed by atoms with Gasteiger partial charge in [0, 0.05) is 29.7 Å². The van der Waals surface area contributed by atoms with Gasteiger partial charge in [-0.05, 0) is 23.8 Å². The normalized spacial score (nSPS) is 24.8. The van der Waals surface area contributed by atoms with Crippen LogP contribution in [-0.4, -0.2) is 16.0 Å². The Morgan fingerprint density at radius 3 is 2.64 bits per heavy atom. The number of Topliss-reactive ketones (excluding diaryl/α,β-unsaturated/α-hetero) is 1. The van der Waals surface area contributed by atoms with Gasteiger partial charge in [-0.3, -0.25) is 9.89 Å². The maximum Gasteiger partial charge on any atom is 0.160 e. The topological polar surface area (TPSA) is 45.8 Å². The van der Waals surface area contributed by atoms with E-state index < -0.39 is 0 Å². The summed E-state index contributed by atoms with van der Waals surface area (Å²) in [5.74, 6) is 0.329. The zero-order valence-corrected chi connectivity index (χ0v) is 15.4. The van der Waals surface area contributed by atoms with E-state index in [9.17, 15) is 4.79 Å². The van der Waals surface area contributed by atoms with Gasteiger partial charge in [-0.2, -0.15) is 5.10 Å². The first kappa shape index (κ1) is 16.3. The summed E-state index contributed by atoms with van der Waals surface area (Å²) in [4.78, 5) is 13.4. The van der Waals surface area contributed by atoms with E-state index in [2.05, 4.69) is 55.2 Å². The highest BCUT2D eigenvalue weighted by molar-refractivity contribution is 6.01. The number of ketones is 1. The van der Waals surface area contributed by atoms with E-state index in [4.69, 9.17) is 0 Å². The van der Waals surface area contributed by atoms with Crippen LogP contribution in [0.2, 0.25) is 0 Å². The molecule has 2 aromatic rings. The molecule has 3 heteroatoms. The summed E-state index contributed by atoms with van der Waals surface area (Å²) in [6.45, 7) is 6.62. The molecule has 2 aliphatic rings. The molecule has 0 saturated carbocycles. The molecule has 25 heavy (non-hydrogen) atoms. The van der Waals surface area contributed by atoms with Crippen LogP contribution < -0.4 is 0 Å². The lowest BCUT2D eigenvalue weighted by atomic mass is 9.56. The van der Waals surface area contributed by atoms with Crippen molar-refractivity contribution in [2.24, 2.45) is 5.41 Å². The van der Waals surface area contributed by atoms with Gasteiger partial charge in [0.2, 0.25) is 0 Å². The first-order valence-corrected chi connectivity index (χ1v) is 9.32. The molecule has 0 fully saturated rings. The number of benzene rings is 1. The molecule has 130 valence electrons. The summed E-state index contributed by atoms with van der Waals surface area (Å²) in [6.07, 6.45) is 6.37. The quantitative estimate of drug-likeness (QED) is 0.881. The minimum atomic E-state index is -0.348. The Hall–Kier alpha value is -2.16. The molecule has 1 aromatic carbocycles. The molecule has 1 heterocycles. The van der Waals surface area contributed by atoms with E-state index in [1.54, 1.807) is 0 Å². The molecule has 2 aliphatic carbocycles. The summed E-state index contributed by atoms with van der Waals surface area (Å²) < 4.78 is 0. The van der Waals surface area contributed by atoms with Crippen LogP contribution in [0.3, 0.4) is 0 Å². The van der Waals surface area contributed by atoms with Gasteiger partial charge >= 0.3 is 0 Å². The summed E-state index contributed by atoms with van der Waals surface area (Å²) in [6, 6.07) is 10.6. The van der Waals surface area contributed by atoms with E-state index in [1.807, 2.05) is 12.3 Å². The molecule has 0 spiro atoms. The minimum absolute atomic E-state index is 0.0437. The van der Waals surface area contributed by atoms with Crippen molar-refractivity contribution in [3.63, 3.8) is 0 Å². The first-order valence-electron chi connectivity index (χ1n) is 9.32. The lowest BCUT2D eigenvalue weighted by Crippen LogP contribution is -2.42. The summed E-state index contributed by atoms with van der Waals surface area (Å²) in [5, 5.41) is 7.58. The van der Waals surface area contributed by atoms with Gasteiger partial charge in [-0.25, -0.2) is 0 Å². The second kappa shape index (κ2) is 5.69. The summed E-state index contributed by atoms with van der Waals surface area (Å²) in [7, 11) is 0.